The second-order valence-electron chi connectivity index (χ2n) is 6.94. The molecular formula is C21H25ClN2O3. The summed E-state index contributed by atoms with van der Waals surface area (Å²) in [7, 11) is 0. The fraction of sp³-hybridized carbons (Fsp3) is 0.381. The van der Waals surface area contributed by atoms with E-state index in [-0.39, 0.29) is 30.8 Å². The second kappa shape index (κ2) is 10.1. The van der Waals surface area contributed by atoms with E-state index in [1.165, 1.54) is 0 Å². The Labute approximate surface area is 165 Å². The minimum Gasteiger partial charge on any atom is -0.481 e. The van der Waals surface area contributed by atoms with Crippen LogP contribution in [0, 0.1) is 5.92 Å². The number of halogens is 1. The third-order valence-electron chi connectivity index (χ3n) is 5.11. The number of nitrogens with one attached hydrogen (secondary N) is 1. The van der Waals surface area contributed by atoms with Crippen LogP contribution < -0.4 is 5.32 Å². The lowest BCUT2D eigenvalue weighted by molar-refractivity contribution is -0.137. The summed E-state index contributed by atoms with van der Waals surface area (Å²) in [6, 6.07) is 11.7. The van der Waals surface area contributed by atoms with Crippen molar-refractivity contribution in [2.24, 2.45) is 5.92 Å². The van der Waals surface area contributed by atoms with Crippen LogP contribution in [0.1, 0.15) is 48.9 Å². The number of carboxylic acids is 1. The molecule has 2 N–H and O–H groups in total. The Morgan fingerprint density at radius 3 is 2.15 bits per heavy atom. The number of aliphatic carboxylic acids is 1. The van der Waals surface area contributed by atoms with Gasteiger partial charge >= 0.3 is 5.97 Å². The summed E-state index contributed by atoms with van der Waals surface area (Å²) in [5, 5.41) is 11.9. The van der Waals surface area contributed by atoms with Crippen molar-refractivity contribution in [2.45, 2.75) is 44.6 Å². The Hall–Kier alpha value is -2.40. The summed E-state index contributed by atoms with van der Waals surface area (Å²) in [6.07, 6.45) is 8.30. The molecule has 0 unspecified atom stereocenters. The lowest BCUT2D eigenvalue weighted by Crippen LogP contribution is -2.37. The summed E-state index contributed by atoms with van der Waals surface area (Å²) in [5.41, 5.74) is 2.80. The van der Waals surface area contributed by atoms with E-state index in [0.29, 0.717) is 11.5 Å². The molecule has 1 fully saturated rings. The van der Waals surface area contributed by atoms with Crippen LogP contribution in [-0.2, 0) is 4.79 Å². The van der Waals surface area contributed by atoms with Gasteiger partial charge in [-0.25, -0.2) is 0 Å². The third kappa shape index (κ3) is 6.07. The Bertz CT molecular complexity index is 742. The topological polar surface area (TPSA) is 79.3 Å². The van der Waals surface area contributed by atoms with Crippen molar-refractivity contribution < 1.29 is 14.7 Å². The van der Waals surface area contributed by atoms with Crippen molar-refractivity contribution >= 4 is 24.3 Å². The van der Waals surface area contributed by atoms with Crippen LogP contribution in [0.3, 0.4) is 0 Å². The standard InChI is InChI=1S/C21H24N2O3.ClH/c24-20(25)10-3-15-1-8-19(9-2-15)23-21(26)18-6-4-16(5-7-18)17-11-13-22-14-12-17;/h4-7,11-15,19H,1-3,8-10H2,(H,23,26)(H,24,25);1H/t15-,19-;. The Morgan fingerprint density at radius 2 is 1.56 bits per heavy atom. The highest BCUT2D eigenvalue weighted by Gasteiger charge is 2.23. The van der Waals surface area contributed by atoms with Crippen molar-refractivity contribution in [1.29, 1.82) is 0 Å². The van der Waals surface area contributed by atoms with E-state index in [9.17, 15) is 9.59 Å². The van der Waals surface area contributed by atoms with Crippen molar-refractivity contribution in [3.63, 3.8) is 0 Å². The molecule has 6 heteroatoms. The Morgan fingerprint density at radius 1 is 0.963 bits per heavy atom. The molecule has 0 radical (unpaired) electrons. The van der Waals surface area contributed by atoms with Crippen LogP contribution in [0.4, 0.5) is 0 Å². The van der Waals surface area contributed by atoms with E-state index in [4.69, 9.17) is 5.11 Å². The molecule has 1 aliphatic carbocycles. The smallest absolute Gasteiger partial charge is 0.303 e. The molecule has 2 aromatic rings. The first kappa shape index (κ1) is 20.9. The van der Waals surface area contributed by atoms with Gasteiger partial charge in [0.25, 0.3) is 5.91 Å². The number of carbonyl (C=O) groups excluding carboxylic acids is 1. The van der Waals surface area contributed by atoms with Crippen LogP contribution >= 0.6 is 12.4 Å². The number of nitrogens with zero attached hydrogens (tertiary/aromatic N) is 1. The molecule has 0 aliphatic heterocycles. The van der Waals surface area contributed by atoms with Gasteiger partial charge in [-0.2, -0.15) is 0 Å². The lowest BCUT2D eigenvalue weighted by atomic mass is 9.83. The quantitative estimate of drug-likeness (QED) is 0.772. The third-order valence-corrected chi connectivity index (χ3v) is 5.11. The molecule has 27 heavy (non-hydrogen) atoms. The average Bonchev–Trinajstić information content (AvgIpc) is 2.68. The summed E-state index contributed by atoms with van der Waals surface area (Å²) < 4.78 is 0. The molecule has 0 saturated heterocycles. The van der Waals surface area contributed by atoms with Gasteiger partial charge in [0.2, 0.25) is 0 Å². The highest BCUT2D eigenvalue weighted by molar-refractivity contribution is 5.94. The SMILES string of the molecule is Cl.O=C(O)CC[C@H]1CC[C@H](NC(=O)c2ccc(-c3ccncc3)cc2)CC1. The first-order valence-electron chi connectivity index (χ1n) is 9.15. The van der Waals surface area contributed by atoms with Gasteiger partial charge in [-0.1, -0.05) is 12.1 Å². The minimum atomic E-state index is -0.726. The number of carbonyl (C=O) groups is 2. The molecule has 1 saturated carbocycles. The fourth-order valence-electron chi connectivity index (χ4n) is 3.55. The van der Waals surface area contributed by atoms with E-state index >= 15 is 0 Å². The highest BCUT2D eigenvalue weighted by atomic mass is 35.5. The number of rotatable bonds is 6. The van der Waals surface area contributed by atoms with E-state index in [1.807, 2.05) is 36.4 Å². The first-order chi connectivity index (χ1) is 12.6. The number of aromatic nitrogens is 1. The molecule has 1 aromatic carbocycles. The molecule has 1 heterocycles. The van der Waals surface area contributed by atoms with E-state index in [0.717, 1.165) is 43.2 Å². The molecule has 1 amide bonds. The highest BCUT2D eigenvalue weighted by Crippen LogP contribution is 2.28. The molecule has 0 spiro atoms. The van der Waals surface area contributed by atoms with E-state index in [1.54, 1.807) is 12.4 Å². The maximum absolute atomic E-state index is 12.5. The van der Waals surface area contributed by atoms with Crippen LogP contribution in [0.25, 0.3) is 11.1 Å². The molecule has 144 valence electrons. The van der Waals surface area contributed by atoms with E-state index in [2.05, 4.69) is 10.3 Å². The Balaban J connectivity index is 0.00000261. The fourth-order valence-corrected chi connectivity index (χ4v) is 3.55. The first-order valence-corrected chi connectivity index (χ1v) is 9.15. The molecular weight excluding hydrogens is 364 g/mol. The summed E-state index contributed by atoms with van der Waals surface area (Å²) in [6.45, 7) is 0. The largest absolute Gasteiger partial charge is 0.481 e. The zero-order valence-electron chi connectivity index (χ0n) is 15.1. The predicted molar refractivity (Wildman–Crippen MR) is 107 cm³/mol. The molecule has 1 aromatic heterocycles. The van der Waals surface area contributed by atoms with E-state index < -0.39 is 5.97 Å². The zero-order valence-corrected chi connectivity index (χ0v) is 16.0. The Kier molecular flexibility index (Phi) is 7.80. The van der Waals surface area contributed by atoms with Crippen LogP contribution in [0.15, 0.2) is 48.8 Å². The number of benzene rings is 1. The molecule has 0 bridgehead atoms. The van der Waals surface area contributed by atoms with Gasteiger partial charge in [-0.15, -0.1) is 12.4 Å². The van der Waals surface area contributed by atoms with Gasteiger partial charge in [-0.05, 0) is 73.4 Å². The van der Waals surface area contributed by atoms with Gasteiger partial charge in [-0.3, -0.25) is 14.6 Å². The van der Waals surface area contributed by atoms with Gasteiger partial charge in [0.05, 0.1) is 0 Å². The number of hydrogen-bond donors (Lipinski definition) is 2. The molecule has 0 atom stereocenters. The second-order valence-corrected chi connectivity index (χ2v) is 6.94. The summed E-state index contributed by atoms with van der Waals surface area (Å²) in [4.78, 5) is 27.1. The van der Waals surface area contributed by atoms with Gasteiger partial charge < -0.3 is 10.4 Å². The van der Waals surface area contributed by atoms with Crippen LogP contribution in [0.5, 0.6) is 0 Å². The van der Waals surface area contributed by atoms with Crippen molar-refractivity contribution in [1.82, 2.24) is 10.3 Å². The summed E-state index contributed by atoms with van der Waals surface area (Å²) in [5.74, 6) is -0.296. The minimum absolute atomic E-state index is 0. The average molecular weight is 389 g/mol. The molecule has 1 aliphatic rings. The number of hydrogen-bond acceptors (Lipinski definition) is 3. The number of carboxylic acid groups (broad SMARTS) is 1. The predicted octanol–water partition coefficient (Wildman–Crippen LogP) is 4.32. The molecule has 3 rings (SSSR count). The van der Waals surface area contributed by atoms with Gasteiger partial charge in [0, 0.05) is 30.4 Å². The normalized spacial score (nSPS) is 19.0. The monoisotopic (exact) mass is 388 g/mol. The maximum Gasteiger partial charge on any atom is 0.303 e. The van der Waals surface area contributed by atoms with Crippen molar-refractivity contribution in [3.8, 4) is 11.1 Å². The lowest BCUT2D eigenvalue weighted by Gasteiger charge is -2.28. The van der Waals surface area contributed by atoms with Crippen LogP contribution in [-0.4, -0.2) is 28.0 Å². The number of amides is 1. The molecule has 5 nitrogen and oxygen atoms in total. The zero-order chi connectivity index (χ0) is 18.4. The maximum atomic E-state index is 12.5. The van der Waals surface area contributed by atoms with Gasteiger partial charge in [0.15, 0.2) is 0 Å². The van der Waals surface area contributed by atoms with Gasteiger partial charge in [0.1, 0.15) is 0 Å². The number of pyridine rings is 1. The summed E-state index contributed by atoms with van der Waals surface area (Å²) >= 11 is 0. The van der Waals surface area contributed by atoms with Crippen molar-refractivity contribution in [2.75, 3.05) is 0 Å². The van der Waals surface area contributed by atoms with Crippen LogP contribution in [0.2, 0.25) is 0 Å². The van der Waals surface area contributed by atoms with Crippen molar-refractivity contribution in [3.05, 3.63) is 54.4 Å².